The fourth-order valence-electron chi connectivity index (χ4n) is 4.44. The molecule has 0 aliphatic heterocycles. The van der Waals surface area contributed by atoms with Crippen LogP contribution in [-0.4, -0.2) is 40.2 Å². The summed E-state index contributed by atoms with van der Waals surface area (Å²) in [4.78, 5) is 26.1. The predicted octanol–water partition coefficient (Wildman–Crippen LogP) is 3.48. The van der Waals surface area contributed by atoms with Crippen LogP contribution in [0.5, 0.6) is 0 Å². The van der Waals surface area contributed by atoms with E-state index >= 15 is 0 Å². The van der Waals surface area contributed by atoms with Gasteiger partial charge in [-0.05, 0) is 17.4 Å². The molecule has 35 heavy (non-hydrogen) atoms. The van der Waals surface area contributed by atoms with E-state index in [1.54, 1.807) is 17.1 Å². The fraction of sp³-hybridized carbons (Fsp3) is 0.280. The molecule has 4 heterocycles. The van der Waals surface area contributed by atoms with Gasteiger partial charge in [-0.15, -0.1) is 0 Å². The first kappa shape index (κ1) is 21.2. The maximum Gasteiger partial charge on any atom is 0.292 e. The maximum atomic E-state index is 12.5. The van der Waals surface area contributed by atoms with Crippen LogP contribution in [0.1, 0.15) is 41.8 Å². The summed E-state index contributed by atoms with van der Waals surface area (Å²) in [5.74, 6) is 2.31. The Morgan fingerprint density at radius 1 is 1.11 bits per heavy atom. The Labute approximate surface area is 201 Å². The Balaban J connectivity index is 1.18. The molecule has 6 rings (SSSR count). The number of hydrogen-bond donors (Lipinski definition) is 1. The van der Waals surface area contributed by atoms with Crippen molar-refractivity contribution in [3.8, 4) is 22.6 Å². The molecule has 1 aliphatic rings. The van der Waals surface area contributed by atoms with E-state index in [4.69, 9.17) is 9.51 Å². The number of rotatable bonds is 6. The quantitative estimate of drug-likeness (QED) is 0.406. The average Bonchev–Trinajstić information content (AvgIpc) is 3.42. The van der Waals surface area contributed by atoms with Gasteiger partial charge >= 0.3 is 0 Å². The smallest absolute Gasteiger partial charge is 0.292 e. The Hall–Kier alpha value is -4.34. The number of hydrogen-bond acceptors (Lipinski definition) is 7. The van der Waals surface area contributed by atoms with Crippen molar-refractivity contribution >= 4 is 11.6 Å². The largest absolute Gasteiger partial charge is 0.345 e. The van der Waals surface area contributed by atoms with Crippen molar-refractivity contribution in [1.29, 1.82) is 0 Å². The molecule has 176 valence electrons. The Kier molecular flexibility index (Phi) is 4.94. The van der Waals surface area contributed by atoms with Gasteiger partial charge in [0.15, 0.2) is 0 Å². The van der Waals surface area contributed by atoms with Gasteiger partial charge in [0.25, 0.3) is 11.7 Å². The van der Waals surface area contributed by atoms with Crippen LogP contribution in [0, 0.1) is 11.8 Å². The number of aromatic nitrogens is 7. The van der Waals surface area contributed by atoms with Gasteiger partial charge in [-0.1, -0.05) is 43.3 Å². The van der Waals surface area contributed by atoms with Gasteiger partial charge < -0.3 is 9.84 Å². The van der Waals surface area contributed by atoms with Crippen LogP contribution in [-0.2, 0) is 13.6 Å². The van der Waals surface area contributed by atoms with Gasteiger partial charge in [0, 0.05) is 55.3 Å². The summed E-state index contributed by atoms with van der Waals surface area (Å²) in [5.41, 5.74) is 4.41. The van der Waals surface area contributed by atoms with Crippen molar-refractivity contribution in [2.45, 2.75) is 26.3 Å². The van der Waals surface area contributed by atoms with Crippen LogP contribution in [0.25, 0.3) is 28.3 Å². The van der Waals surface area contributed by atoms with Crippen molar-refractivity contribution < 1.29 is 9.32 Å². The highest BCUT2D eigenvalue weighted by Crippen LogP contribution is 2.52. The van der Waals surface area contributed by atoms with E-state index in [1.165, 1.54) is 0 Å². The zero-order chi connectivity index (χ0) is 24.1. The Morgan fingerprint density at radius 3 is 2.63 bits per heavy atom. The normalized spacial score (nSPS) is 19.2. The zero-order valence-electron chi connectivity index (χ0n) is 19.6. The molecule has 0 saturated heterocycles. The van der Waals surface area contributed by atoms with Gasteiger partial charge in [-0.25, -0.2) is 9.97 Å². The van der Waals surface area contributed by atoms with Gasteiger partial charge in [0.1, 0.15) is 11.5 Å². The van der Waals surface area contributed by atoms with Crippen molar-refractivity contribution in [3.63, 3.8) is 0 Å². The second-order valence-electron chi connectivity index (χ2n) is 9.10. The van der Waals surface area contributed by atoms with E-state index in [1.807, 2.05) is 54.2 Å². The molecule has 1 fully saturated rings. The molecular formula is C25H24N8O2. The summed E-state index contributed by atoms with van der Waals surface area (Å²) in [6, 6.07) is 9.84. The molecule has 1 unspecified atom stereocenters. The number of benzene rings is 1. The second kappa shape index (κ2) is 8.15. The topological polar surface area (TPSA) is 116 Å². The van der Waals surface area contributed by atoms with E-state index < -0.39 is 0 Å². The number of carbonyl (C=O) groups is 1. The van der Waals surface area contributed by atoms with Crippen molar-refractivity contribution in [1.82, 2.24) is 39.6 Å². The lowest BCUT2D eigenvalue weighted by molar-refractivity contribution is 0.0937. The summed E-state index contributed by atoms with van der Waals surface area (Å²) in [6.07, 6.45) is 7.36. The number of amides is 1. The minimum atomic E-state index is -0.351. The van der Waals surface area contributed by atoms with Crippen LogP contribution in [0.4, 0.5) is 0 Å². The monoisotopic (exact) mass is 468 g/mol. The van der Waals surface area contributed by atoms with Crippen LogP contribution >= 0.6 is 0 Å². The minimum absolute atomic E-state index is 0.0711. The van der Waals surface area contributed by atoms with Crippen LogP contribution < -0.4 is 5.32 Å². The van der Waals surface area contributed by atoms with E-state index in [0.29, 0.717) is 24.3 Å². The Bertz CT molecular complexity index is 1520. The highest BCUT2D eigenvalue weighted by atomic mass is 16.5. The lowest BCUT2D eigenvalue weighted by Gasteiger charge is -2.09. The Morgan fingerprint density at radius 2 is 1.91 bits per heavy atom. The van der Waals surface area contributed by atoms with Gasteiger partial charge in [0.2, 0.25) is 5.89 Å². The van der Waals surface area contributed by atoms with Gasteiger partial charge in [-0.2, -0.15) is 10.1 Å². The molecule has 10 nitrogen and oxygen atoms in total. The first-order valence-electron chi connectivity index (χ1n) is 11.5. The van der Waals surface area contributed by atoms with Gasteiger partial charge in [-0.3, -0.25) is 13.9 Å². The van der Waals surface area contributed by atoms with E-state index in [0.717, 1.165) is 33.9 Å². The fourth-order valence-corrected chi connectivity index (χ4v) is 4.44. The molecule has 0 bridgehead atoms. The SMILES string of the molecule is C[C@@H]1C(c2nc(C(=O)NCc3ccc(-c4nc(-c5cnn(C)c5)cc5nccn45)cc3)no2)[C@@H]1C. The molecule has 0 spiro atoms. The van der Waals surface area contributed by atoms with E-state index in [9.17, 15) is 4.79 Å². The van der Waals surface area contributed by atoms with E-state index in [-0.39, 0.29) is 17.6 Å². The van der Waals surface area contributed by atoms with Gasteiger partial charge in [0.05, 0.1) is 11.9 Å². The molecular weight excluding hydrogens is 444 g/mol. The molecule has 3 atom stereocenters. The first-order chi connectivity index (χ1) is 17.0. The summed E-state index contributed by atoms with van der Waals surface area (Å²) in [7, 11) is 1.88. The van der Waals surface area contributed by atoms with Crippen LogP contribution in [0.3, 0.4) is 0 Å². The predicted molar refractivity (Wildman–Crippen MR) is 127 cm³/mol. The third-order valence-electron chi connectivity index (χ3n) is 6.81. The van der Waals surface area contributed by atoms with Crippen LogP contribution in [0.2, 0.25) is 0 Å². The molecule has 10 heteroatoms. The molecule has 1 N–H and O–H groups in total. The molecule has 5 aromatic rings. The number of imidazole rings is 1. The number of nitrogens with one attached hydrogen (secondary N) is 1. The lowest BCUT2D eigenvalue weighted by atomic mass is 10.1. The minimum Gasteiger partial charge on any atom is -0.345 e. The third kappa shape index (κ3) is 3.86. The second-order valence-corrected chi connectivity index (χ2v) is 9.10. The molecule has 4 aromatic heterocycles. The highest BCUT2D eigenvalue weighted by Gasteiger charge is 2.48. The van der Waals surface area contributed by atoms with Crippen molar-refractivity contribution in [3.05, 3.63) is 72.4 Å². The standard InChI is InChI=1S/C25H24N8O2/c1-14-15(2)21(14)25-30-22(31-35-25)24(34)27-11-16-4-6-17(7-5-16)23-29-19(18-12-28-32(3)13-18)10-20-26-8-9-33(20)23/h4-10,12-15,21H,11H2,1-3H3,(H,27,34)/t14-,15+,21?. The molecule has 1 aromatic carbocycles. The van der Waals surface area contributed by atoms with Crippen LogP contribution in [0.15, 0.2) is 59.6 Å². The number of aryl methyl sites for hydroxylation is 1. The van der Waals surface area contributed by atoms with Crippen molar-refractivity contribution in [2.75, 3.05) is 0 Å². The summed E-state index contributed by atoms with van der Waals surface area (Å²) < 4.78 is 9.00. The third-order valence-corrected chi connectivity index (χ3v) is 6.81. The molecule has 1 amide bonds. The maximum absolute atomic E-state index is 12.5. The average molecular weight is 469 g/mol. The highest BCUT2D eigenvalue weighted by molar-refractivity contribution is 5.90. The number of nitrogens with zero attached hydrogens (tertiary/aromatic N) is 7. The zero-order valence-corrected chi connectivity index (χ0v) is 19.6. The summed E-state index contributed by atoms with van der Waals surface area (Å²) in [5, 5.41) is 11.0. The number of fused-ring (bicyclic) bond motifs is 1. The number of carbonyl (C=O) groups excluding carboxylic acids is 1. The molecule has 0 radical (unpaired) electrons. The summed E-state index contributed by atoms with van der Waals surface area (Å²) in [6.45, 7) is 4.64. The van der Waals surface area contributed by atoms with E-state index in [2.05, 4.69) is 39.4 Å². The van der Waals surface area contributed by atoms with Crippen molar-refractivity contribution in [2.24, 2.45) is 18.9 Å². The molecule has 1 aliphatic carbocycles. The molecule has 1 saturated carbocycles. The first-order valence-corrected chi connectivity index (χ1v) is 11.5. The summed E-state index contributed by atoms with van der Waals surface area (Å²) >= 11 is 0. The lowest BCUT2D eigenvalue weighted by Crippen LogP contribution is -2.24.